The first-order chi connectivity index (χ1) is 11.5. The molecule has 0 aliphatic heterocycles. The molecule has 4 nitrogen and oxygen atoms in total. The second-order valence-corrected chi connectivity index (χ2v) is 8.54. The maximum absolute atomic E-state index is 12.3. The van der Waals surface area contributed by atoms with E-state index in [4.69, 9.17) is 0 Å². The Kier molecular flexibility index (Phi) is 5.22. The number of hydrogen-bond donors (Lipinski definition) is 1. The van der Waals surface area contributed by atoms with Crippen molar-refractivity contribution >= 4 is 49.1 Å². The molecular weight excluding hydrogens is 454 g/mol. The topological polar surface area (TPSA) is 46.9 Å². The summed E-state index contributed by atoms with van der Waals surface area (Å²) in [6.45, 7) is 4.44. The van der Waals surface area contributed by atoms with Crippen molar-refractivity contribution in [1.29, 1.82) is 0 Å². The zero-order valence-electron chi connectivity index (χ0n) is 13.1. The number of hydrogen-bond acceptors (Lipinski definition) is 3. The van der Waals surface area contributed by atoms with Crippen LogP contribution in [0.15, 0.2) is 44.7 Å². The third-order valence-corrected chi connectivity index (χ3v) is 6.99. The highest BCUT2D eigenvalue weighted by Gasteiger charge is 2.16. The number of thiophene rings is 1. The van der Waals surface area contributed by atoms with Gasteiger partial charge in [-0.1, -0.05) is 18.2 Å². The van der Waals surface area contributed by atoms with Gasteiger partial charge >= 0.3 is 0 Å². The van der Waals surface area contributed by atoms with E-state index in [2.05, 4.69) is 42.3 Å². The van der Waals surface area contributed by atoms with Crippen LogP contribution in [0, 0.1) is 13.8 Å². The lowest BCUT2D eigenvalue weighted by molar-refractivity contribution is 0.0955. The molecule has 7 heteroatoms. The summed E-state index contributed by atoms with van der Waals surface area (Å²) in [6, 6.07) is 11.8. The van der Waals surface area contributed by atoms with Gasteiger partial charge in [0.05, 0.1) is 20.0 Å². The molecule has 3 rings (SSSR count). The second kappa shape index (κ2) is 7.21. The van der Waals surface area contributed by atoms with E-state index >= 15 is 0 Å². The van der Waals surface area contributed by atoms with Crippen molar-refractivity contribution in [1.82, 2.24) is 15.1 Å². The maximum Gasteiger partial charge on any atom is 0.261 e. The minimum absolute atomic E-state index is 0.0855. The molecule has 0 unspecified atom stereocenters. The number of halogens is 2. The predicted octanol–water partition coefficient (Wildman–Crippen LogP) is 5.01. The van der Waals surface area contributed by atoms with Gasteiger partial charge in [0.15, 0.2) is 0 Å². The largest absolute Gasteiger partial charge is 0.347 e. The molecule has 124 valence electrons. The number of nitrogens with one attached hydrogen (secondary N) is 1. The first-order valence-corrected chi connectivity index (χ1v) is 9.71. The number of carbonyl (C=O) groups excluding carboxylic acids is 1. The number of amides is 1. The van der Waals surface area contributed by atoms with Crippen LogP contribution in [0.3, 0.4) is 0 Å². The first kappa shape index (κ1) is 17.4. The summed E-state index contributed by atoms with van der Waals surface area (Å²) in [4.78, 5) is 13.0. The van der Waals surface area contributed by atoms with E-state index in [9.17, 15) is 4.79 Å². The van der Waals surface area contributed by atoms with Gasteiger partial charge in [0, 0.05) is 22.3 Å². The minimum atomic E-state index is -0.0855. The Labute approximate surface area is 161 Å². The van der Waals surface area contributed by atoms with E-state index in [0.29, 0.717) is 11.4 Å². The fourth-order valence-corrected chi connectivity index (χ4v) is 4.42. The Morgan fingerprint density at radius 1 is 1.25 bits per heavy atom. The smallest absolute Gasteiger partial charge is 0.261 e. The fourth-order valence-electron chi connectivity index (χ4n) is 2.47. The number of aromatic nitrogens is 2. The van der Waals surface area contributed by atoms with Crippen LogP contribution in [0.4, 0.5) is 0 Å². The molecule has 1 N–H and O–H groups in total. The molecule has 0 radical (unpaired) electrons. The van der Waals surface area contributed by atoms with Gasteiger partial charge in [0.2, 0.25) is 0 Å². The molecule has 0 atom stereocenters. The Balaban J connectivity index is 1.78. The van der Waals surface area contributed by atoms with Crippen LogP contribution in [-0.2, 0) is 6.54 Å². The van der Waals surface area contributed by atoms with Crippen molar-refractivity contribution in [2.75, 3.05) is 0 Å². The number of benzene rings is 1. The highest BCUT2D eigenvalue weighted by atomic mass is 79.9. The molecule has 2 heterocycles. The van der Waals surface area contributed by atoms with Crippen molar-refractivity contribution in [3.05, 3.63) is 66.5 Å². The third-order valence-electron chi connectivity index (χ3n) is 3.74. The average Bonchev–Trinajstić information content (AvgIpc) is 3.06. The highest BCUT2D eigenvalue weighted by molar-refractivity contribution is 9.13. The minimum Gasteiger partial charge on any atom is -0.347 e. The molecule has 0 aliphatic rings. The van der Waals surface area contributed by atoms with Gasteiger partial charge < -0.3 is 5.32 Å². The van der Waals surface area contributed by atoms with E-state index in [-0.39, 0.29) is 5.91 Å². The van der Waals surface area contributed by atoms with Gasteiger partial charge in [0.1, 0.15) is 0 Å². The van der Waals surface area contributed by atoms with Crippen molar-refractivity contribution in [2.24, 2.45) is 0 Å². The molecule has 0 aliphatic carbocycles. The summed E-state index contributed by atoms with van der Waals surface area (Å²) in [6.07, 6.45) is 0. The predicted molar refractivity (Wildman–Crippen MR) is 104 cm³/mol. The van der Waals surface area contributed by atoms with Gasteiger partial charge in [0.25, 0.3) is 5.91 Å². The number of para-hydroxylation sites is 1. The second-order valence-electron chi connectivity index (χ2n) is 5.31. The summed E-state index contributed by atoms with van der Waals surface area (Å²) >= 11 is 8.22. The van der Waals surface area contributed by atoms with Gasteiger partial charge in [-0.3, -0.25) is 4.79 Å². The van der Waals surface area contributed by atoms with Crippen LogP contribution in [0.1, 0.15) is 26.6 Å². The number of aryl methyl sites for hydroxylation is 1. The van der Waals surface area contributed by atoms with Crippen molar-refractivity contribution in [3.63, 3.8) is 0 Å². The molecule has 0 bridgehead atoms. The standard InChI is InChI=1S/C17H15Br2N3OS/c1-10-13(9-20-17(23)15-8-14(18)16(19)24-15)11(2)22(21-10)12-6-4-3-5-7-12/h3-8H,9H2,1-2H3,(H,20,23). The Morgan fingerprint density at radius 2 is 1.96 bits per heavy atom. The van der Waals surface area contributed by atoms with Crippen LogP contribution in [-0.4, -0.2) is 15.7 Å². The van der Waals surface area contributed by atoms with Gasteiger partial charge in [-0.05, 0) is 63.9 Å². The van der Waals surface area contributed by atoms with E-state index < -0.39 is 0 Å². The zero-order valence-corrected chi connectivity index (χ0v) is 17.1. The molecule has 0 spiro atoms. The Bertz CT molecular complexity index is 867. The lowest BCUT2D eigenvalue weighted by Gasteiger charge is -2.06. The quantitative estimate of drug-likeness (QED) is 0.585. The lowest BCUT2D eigenvalue weighted by atomic mass is 10.2. The summed E-state index contributed by atoms with van der Waals surface area (Å²) in [7, 11) is 0. The van der Waals surface area contributed by atoms with E-state index in [1.54, 1.807) is 0 Å². The number of rotatable bonds is 4. The summed E-state index contributed by atoms with van der Waals surface area (Å²) in [5.74, 6) is -0.0855. The lowest BCUT2D eigenvalue weighted by Crippen LogP contribution is -2.22. The summed E-state index contributed by atoms with van der Waals surface area (Å²) in [5, 5.41) is 7.58. The monoisotopic (exact) mass is 467 g/mol. The molecule has 0 saturated carbocycles. The number of nitrogens with zero attached hydrogens (tertiary/aromatic N) is 2. The highest BCUT2D eigenvalue weighted by Crippen LogP contribution is 2.32. The van der Waals surface area contributed by atoms with Crippen molar-refractivity contribution in [3.8, 4) is 5.69 Å². The first-order valence-electron chi connectivity index (χ1n) is 7.31. The molecule has 0 saturated heterocycles. The van der Waals surface area contributed by atoms with Gasteiger partial charge in [-0.25, -0.2) is 4.68 Å². The Hall–Kier alpha value is -1.44. The maximum atomic E-state index is 12.3. The normalized spacial score (nSPS) is 10.8. The van der Waals surface area contributed by atoms with Gasteiger partial charge in [-0.15, -0.1) is 11.3 Å². The summed E-state index contributed by atoms with van der Waals surface area (Å²) in [5.41, 5.74) is 4.02. The van der Waals surface area contributed by atoms with Crippen LogP contribution < -0.4 is 5.32 Å². The van der Waals surface area contributed by atoms with Crippen molar-refractivity contribution in [2.45, 2.75) is 20.4 Å². The molecule has 1 amide bonds. The van der Waals surface area contributed by atoms with Crippen LogP contribution in [0.25, 0.3) is 5.69 Å². The zero-order chi connectivity index (χ0) is 17.3. The summed E-state index contributed by atoms with van der Waals surface area (Å²) < 4.78 is 3.72. The molecule has 2 aromatic heterocycles. The van der Waals surface area contributed by atoms with Crippen molar-refractivity contribution < 1.29 is 4.79 Å². The van der Waals surface area contributed by atoms with E-state index in [0.717, 1.165) is 30.9 Å². The van der Waals surface area contributed by atoms with E-state index in [1.165, 1.54) is 11.3 Å². The molecule has 0 fully saturated rings. The number of carbonyl (C=O) groups is 1. The van der Waals surface area contributed by atoms with E-state index in [1.807, 2.05) is 54.9 Å². The van der Waals surface area contributed by atoms with Gasteiger partial charge in [-0.2, -0.15) is 5.10 Å². The molecule has 1 aromatic carbocycles. The SMILES string of the molecule is Cc1nn(-c2ccccc2)c(C)c1CNC(=O)c1cc(Br)c(Br)s1. The molecular formula is C17H15Br2N3OS. The third kappa shape index (κ3) is 3.48. The van der Waals surface area contributed by atoms with Crippen LogP contribution in [0.2, 0.25) is 0 Å². The molecule has 24 heavy (non-hydrogen) atoms. The molecule has 3 aromatic rings. The fraction of sp³-hybridized carbons (Fsp3) is 0.176. The Morgan fingerprint density at radius 3 is 2.58 bits per heavy atom. The average molecular weight is 469 g/mol. The van der Waals surface area contributed by atoms with Crippen LogP contribution >= 0.6 is 43.2 Å². The van der Waals surface area contributed by atoms with Crippen LogP contribution in [0.5, 0.6) is 0 Å².